The Bertz CT molecular complexity index is 268. The first-order valence-electron chi connectivity index (χ1n) is 3.91. The normalized spacial score (nSPS) is 15.3. The van der Waals surface area contributed by atoms with Gasteiger partial charge in [0.25, 0.3) is 0 Å². The minimum Gasteiger partial charge on any atom is -0.384 e. The molecule has 1 aromatic heterocycles. The van der Waals surface area contributed by atoms with E-state index in [9.17, 15) is 9.90 Å². The van der Waals surface area contributed by atoms with E-state index < -0.39 is 12.2 Å². The molecule has 0 aliphatic carbocycles. The molecule has 2 atom stereocenters. The maximum Gasteiger partial charge on any atom is 0.161 e. The van der Waals surface area contributed by atoms with Crippen molar-refractivity contribution >= 4 is 17.1 Å². The van der Waals surface area contributed by atoms with Crippen LogP contribution in [0.1, 0.15) is 17.9 Å². The van der Waals surface area contributed by atoms with Crippen molar-refractivity contribution in [3.05, 3.63) is 22.4 Å². The molecule has 1 rings (SSSR count). The summed E-state index contributed by atoms with van der Waals surface area (Å²) in [6.45, 7) is 1.41. The average molecular weight is 200 g/mol. The first kappa shape index (κ1) is 10.4. The van der Waals surface area contributed by atoms with Crippen LogP contribution in [-0.2, 0) is 9.53 Å². The zero-order chi connectivity index (χ0) is 9.84. The van der Waals surface area contributed by atoms with Gasteiger partial charge in [0, 0.05) is 12.0 Å². The van der Waals surface area contributed by atoms with Crippen LogP contribution >= 0.6 is 11.3 Å². The van der Waals surface area contributed by atoms with Gasteiger partial charge in [-0.2, -0.15) is 0 Å². The van der Waals surface area contributed by atoms with E-state index in [-0.39, 0.29) is 5.78 Å². The maximum absolute atomic E-state index is 11.0. The predicted molar refractivity (Wildman–Crippen MR) is 50.8 cm³/mol. The third kappa shape index (κ3) is 2.37. The standard InChI is InChI=1S/C9H12O3S/c1-6(10)9(12-2)8(11)7-4-3-5-13-7/h3-5,8-9,11H,1-2H3/t8-,9+/m1/s1. The monoisotopic (exact) mass is 200 g/mol. The molecule has 0 aliphatic rings. The number of Topliss-reactive ketones (excluding diaryl/α,β-unsaturated/α-hetero) is 1. The number of carbonyl (C=O) groups excluding carboxylic acids is 1. The number of aliphatic hydroxyl groups excluding tert-OH is 1. The molecule has 0 aromatic carbocycles. The fourth-order valence-corrected chi connectivity index (χ4v) is 1.86. The van der Waals surface area contributed by atoms with Crippen molar-refractivity contribution in [3.8, 4) is 0 Å². The second kappa shape index (κ2) is 4.50. The summed E-state index contributed by atoms with van der Waals surface area (Å²) in [5.74, 6) is -0.164. The number of carbonyl (C=O) groups is 1. The predicted octanol–water partition coefficient (Wildman–Crippen LogP) is 1.39. The van der Waals surface area contributed by atoms with Gasteiger partial charge < -0.3 is 9.84 Å². The quantitative estimate of drug-likeness (QED) is 0.798. The van der Waals surface area contributed by atoms with Gasteiger partial charge in [-0.3, -0.25) is 4.79 Å². The molecule has 0 bridgehead atoms. The zero-order valence-corrected chi connectivity index (χ0v) is 8.38. The number of thiophene rings is 1. The number of rotatable bonds is 4. The molecule has 1 aromatic rings. The fraction of sp³-hybridized carbons (Fsp3) is 0.444. The van der Waals surface area contributed by atoms with E-state index in [0.717, 1.165) is 4.88 Å². The number of ether oxygens (including phenoxy) is 1. The summed E-state index contributed by atoms with van der Waals surface area (Å²) in [6, 6.07) is 3.61. The molecule has 1 heterocycles. The van der Waals surface area contributed by atoms with Crippen LogP contribution in [0.5, 0.6) is 0 Å². The lowest BCUT2D eigenvalue weighted by atomic mass is 10.1. The molecular weight excluding hydrogens is 188 g/mol. The lowest BCUT2D eigenvalue weighted by molar-refractivity contribution is -0.133. The van der Waals surface area contributed by atoms with E-state index in [1.807, 2.05) is 11.4 Å². The zero-order valence-electron chi connectivity index (χ0n) is 7.56. The Labute approximate surface area is 81.0 Å². The lowest BCUT2D eigenvalue weighted by Gasteiger charge is -2.17. The van der Waals surface area contributed by atoms with E-state index in [1.54, 1.807) is 6.07 Å². The molecule has 0 radical (unpaired) electrons. The molecule has 0 amide bonds. The lowest BCUT2D eigenvalue weighted by Crippen LogP contribution is -2.27. The number of methoxy groups -OCH3 is 1. The van der Waals surface area contributed by atoms with Crippen LogP contribution in [0.4, 0.5) is 0 Å². The van der Waals surface area contributed by atoms with Gasteiger partial charge in [-0.1, -0.05) is 6.07 Å². The summed E-state index contributed by atoms with van der Waals surface area (Å²) >= 11 is 1.41. The van der Waals surface area contributed by atoms with Crippen LogP contribution < -0.4 is 0 Å². The third-order valence-electron chi connectivity index (χ3n) is 1.78. The van der Waals surface area contributed by atoms with E-state index >= 15 is 0 Å². The molecule has 0 saturated heterocycles. The SMILES string of the molecule is CO[C@@H](C(C)=O)[C@H](O)c1cccs1. The smallest absolute Gasteiger partial charge is 0.161 e. The Balaban J connectivity index is 2.76. The van der Waals surface area contributed by atoms with Gasteiger partial charge in [0.1, 0.15) is 12.2 Å². The van der Waals surface area contributed by atoms with Crippen LogP contribution in [0.3, 0.4) is 0 Å². The third-order valence-corrected chi connectivity index (χ3v) is 2.72. The Kier molecular flexibility index (Phi) is 3.59. The highest BCUT2D eigenvalue weighted by Crippen LogP contribution is 2.23. The van der Waals surface area contributed by atoms with Gasteiger partial charge in [-0.15, -0.1) is 11.3 Å². The maximum atomic E-state index is 11.0. The molecule has 0 saturated carbocycles. The van der Waals surface area contributed by atoms with E-state index in [1.165, 1.54) is 25.4 Å². The van der Waals surface area contributed by atoms with Crippen molar-refractivity contribution in [2.75, 3.05) is 7.11 Å². The Morgan fingerprint density at radius 1 is 1.69 bits per heavy atom. The Morgan fingerprint density at radius 3 is 2.77 bits per heavy atom. The molecule has 1 N–H and O–H groups in total. The van der Waals surface area contributed by atoms with E-state index in [0.29, 0.717) is 0 Å². The largest absolute Gasteiger partial charge is 0.384 e. The second-order valence-corrected chi connectivity index (χ2v) is 3.71. The molecule has 0 fully saturated rings. The molecule has 0 aliphatic heterocycles. The second-order valence-electron chi connectivity index (χ2n) is 2.73. The molecule has 0 unspecified atom stereocenters. The Hall–Kier alpha value is -0.710. The van der Waals surface area contributed by atoms with Gasteiger partial charge in [-0.05, 0) is 18.4 Å². The topological polar surface area (TPSA) is 46.5 Å². The molecular formula is C9H12O3S. The molecule has 3 nitrogen and oxygen atoms in total. The van der Waals surface area contributed by atoms with Crippen LogP contribution in [0.2, 0.25) is 0 Å². The number of ketones is 1. The summed E-state index contributed by atoms with van der Waals surface area (Å²) < 4.78 is 4.90. The minimum atomic E-state index is -0.845. The van der Waals surface area contributed by atoms with Crippen LogP contribution in [0.15, 0.2) is 17.5 Å². The first-order chi connectivity index (χ1) is 6.16. The highest BCUT2D eigenvalue weighted by atomic mass is 32.1. The Morgan fingerprint density at radius 2 is 2.38 bits per heavy atom. The summed E-state index contributed by atoms with van der Waals surface area (Å²) in [7, 11) is 1.42. The number of hydrogen-bond acceptors (Lipinski definition) is 4. The van der Waals surface area contributed by atoms with Crippen molar-refractivity contribution in [2.24, 2.45) is 0 Å². The van der Waals surface area contributed by atoms with E-state index in [2.05, 4.69) is 0 Å². The molecule has 0 spiro atoms. The number of hydrogen-bond donors (Lipinski definition) is 1. The van der Waals surface area contributed by atoms with Crippen LogP contribution in [0.25, 0.3) is 0 Å². The van der Waals surface area contributed by atoms with Crippen molar-refractivity contribution in [2.45, 2.75) is 19.1 Å². The van der Waals surface area contributed by atoms with Crippen LogP contribution in [0, 0.1) is 0 Å². The van der Waals surface area contributed by atoms with Gasteiger partial charge in [0.05, 0.1) is 0 Å². The van der Waals surface area contributed by atoms with Gasteiger partial charge in [-0.25, -0.2) is 0 Å². The summed E-state index contributed by atoms with van der Waals surface area (Å²) in [4.78, 5) is 11.8. The van der Waals surface area contributed by atoms with Crippen molar-refractivity contribution < 1.29 is 14.6 Å². The van der Waals surface area contributed by atoms with Gasteiger partial charge in [0.15, 0.2) is 5.78 Å². The minimum absolute atomic E-state index is 0.164. The molecule has 13 heavy (non-hydrogen) atoms. The first-order valence-corrected chi connectivity index (χ1v) is 4.79. The van der Waals surface area contributed by atoms with Crippen molar-refractivity contribution in [1.82, 2.24) is 0 Å². The van der Waals surface area contributed by atoms with E-state index in [4.69, 9.17) is 4.74 Å². The molecule has 72 valence electrons. The summed E-state index contributed by atoms with van der Waals surface area (Å²) in [5.41, 5.74) is 0. The highest BCUT2D eigenvalue weighted by molar-refractivity contribution is 7.10. The van der Waals surface area contributed by atoms with Crippen LogP contribution in [-0.4, -0.2) is 24.1 Å². The van der Waals surface area contributed by atoms with Crippen molar-refractivity contribution in [3.63, 3.8) is 0 Å². The summed E-state index contributed by atoms with van der Waals surface area (Å²) in [6.07, 6.45) is -1.60. The number of aliphatic hydroxyl groups is 1. The van der Waals surface area contributed by atoms with Gasteiger partial charge >= 0.3 is 0 Å². The molecule has 4 heteroatoms. The average Bonchev–Trinajstić information content (AvgIpc) is 2.56. The fourth-order valence-electron chi connectivity index (χ4n) is 1.13. The highest BCUT2D eigenvalue weighted by Gasteiger charge is 2.25. The van der Waals surface area contributed by atoms with Gasteiger partial charge in [0.2, 0.25) is 0 Å². The van der Waals surface area contributed by atoms with Crippen molar-refractivity contribution in [1.29, 1.82) is 0 Å². The summed E-state index contributed by atoms with van der Waals surface area (Å²) in [5, 5.41) is 11.6.